The first-order chi connectivity index (χ1) is 11.4. The van der Waals surface area contributed by atoms with Crippen LogP contribution >= 0.6 is 0 Å². The standard InChI is InChI=1S/C17H21NO6/c1-3-17(16(20)23-2)10-8-14(9-11-17)24-15(19)12-4-6-13(7-5-12)18(21)22/h4-7,14H,3,8-11H2,1-2H3/t14-,17-. The van der Waals surface area contributed by atoms with Crippen LogP contribution in [-0.4, -0.2) is 30.1 Å². The zero-order chi connectivity index (χ0) is 17.7. The molecule has 0 aromatic heterocycles. The Labute approximate surface area is 140 Å². The number of esters is 2. The quantitative estimate of drug-likeness (QED) is 0.465. The number of rotatable bonds is 5. The van der Waals surface area contributed by atoms with E-state index in [1.165, 1.54) is 31.4 Å². The van der Waals surface area contributed by atoms with Crippen LogP contribution in [0, 0.1) is 15.5 Å². The van der Waals surface area contributed by atoms with Gasteiger partial charge in [-0.05, 0) is 44.2 Å². The number of nitro groups is 1. The molecule has 130 valence electrons. The largest absolute Gasteiger partial charge is 0.469 e. The smallest absolute Gasteiger partial charge is 0.338 e. The third-order valence-corrected chi connectivity index (χ3v) is 4.77. The van der Waals surface area contributed by atoms with Gasteiger partial charge in [0.1, 0.15) is 6.10 Å². The number of hydrogen-bond donors (Lipinski definition) is 0. The number of carbonyl (C=O) groups excluding carboxylic acids is 2. The summed E-state index contributed by atoms with van der Waals surface area (Å²) in [6, 6.07) is 5.32. The van der Waals surface area contributed by atoms with Crippen molar-refractivity contribution >= 4 is 17.6 Å². The fourth-order valence-corrected chi connectivity index (χ4v) is 3.12. The van der Waals surface area contributed by atoms with Crippen molar-refractivity contribution in [1.82, 2.24) is 0 Å². The molecule has 0 heterocycles. The van der Waals surface area contributed by atoms with Crippen LogP contribution in [0.1, 0.15) is 49.4 Å². The van der Waals surface area contributed by atoms with Crippen LogP contribution in [0.15, 0.2) is 24.3 Å². The first kappa shape index (κ1) is 17.9. The Hall–Kier alpha value is -2.44. The van der Waals surface area contributed by atoms with Gasteiger partial charge in [-0.25, -0.2) is 4.79 Å². The van der Waals surface area contributed by atoms with Crippen molar-refractivity contribution in [3.05, 3.63) is 39.9 Å². The van der Waals surface area contributed by atoms with E-state index in [4.69, 9.17) is 9.47 Å². The second-order valence-corrected chi connectivity index (χ2v) is 6.03. The molecule has 0 N–H and O–H groups in total. The summed E-state index contributed by atoms with van der Waals surface area (Å²) in [5.74, 6) is -0.706. The molecule has 1 aromatic carbocycles. The molecule has 0 unspecified atom stereocenters. The lowest BCUT2D eigenvalue weighted by atomic mass is 9.71. The van der Waals surface area contributed by atoms with Gasteiger partial charge in [0.15, 0.2) is 0 Å². The van der Waals surface area contributed by atoms with Gasteiger partial charge in [-0.3, -0.25) is 14.9 Å². The van der Waals surface area contributed by atoms with Crippen LogP contribution in [0.4, 0.5) is 5.69 Å². The van der Waals surface area contributed by atoms with Crippen molar-refractivity contribution in [3.8, 4) is 0 Å². The molecule has 7 heteroatoms. The zero-order valence-corrected chi connectivity index (χ0v) is 13.8. The van der Waals surface area contributed by atoms with E-state index in [9.17, 15) is 19.7 Å². The van der Waals surface area contributed by atoms with E-state index in [0.29, 0.717) is 32.1 Å². The molecule has 0 radical (unpaired) electrons. The fraction of sp³-hybridized carbons (Fsp3) is 0.529. The van der Waals surface area contributed by atoms with Gasteiger partial charge in [-0.1, -0.05) is 6.92 Å². The molecule has 2 rings (SSSR count). The van der Waals surface area contributed by atoms with Crippen LogP contribution in [0.25, 0.3) is 0 Å². The van der Waals surface area contributed by atoms with E-state index in [1.807, 2.05) is 6.92 Å². The number of benzene rings is 1. The molecule has 7 nitrogen and oxygen atoms in total. The van der Waals surface area contributed by atoms with Crippen LogP contribution < -0.4 is 0 Å². The average molecular weight is 335 g/mol. The first-order valence-corrected chi connectivity index (χ1v) is 7.95. The Morgan fingerprint density at radius 2 is 1.83 bits per heavy atom. The maximum atomic E-state index is 12.1. The van der Waals surface area contributed by atoms with Gasteiger partial charge in [0, 0.05) is 12.1 Å². The molecular weight excluding hydrogens is 314 g/mol. The molecular formula is C17H21NO6. The summed E-state index contributed by atoms with van der Waals surface area (Å²) in [7, 11) is 1.39. The van der Waals surface area contributed by atoms with Gasteiger partial charge in [0.25, 0.3) is 5.69 Å². The lowest BCUT2D eigenvalue weighted by molar-refractivity contribution is -0.384. The molecule has 0 saturated heterocycles. The molecule has 0 atom stereocenters. The second-order valence-electron chi connectivity index (χ2n) is 6.03. The minimum Gasteiger partial charge on any atom is -0.469 e. The lowest BCUT2D eigenvalue weighted by Gasteiger charge is -2.36. The predicted molar refractivity (Wildman–Crippen MR) is 85.5 cm³/mol. The van der Waals surface area contributed by atoms with Gasteiger partial charge in [-0.2, -0.15) is 0 Å². The van der Waals surface area contributed by atoms with Crippen molar-refractivity contribution in [2.24, 2.45) is 5.41 Å². The molecule has 1 saturated carbocycles. The van der Waals surface area contributed by atoms with Gasteiger partial charge in [-0.15, -0.1) is 0 Å². The molecule has 0 aliphatic heterocycles. The molecule has 0 amide bonds. The van der Waals surface area contributed by atoms with Crippen LogP contribution in [0.3, 0.4) is 0 Å². The summed E-state index contributed by atoms with van der Waals surface area (Å²) in [4.78, 5) is 34.2. The van der Waals surface area contributed by atoms with Crippen LogP contribution in [0.2, 0.25) is 0 Å². The van der Waals surface area contributed by atoms with Crippen molar-refractivity contribution < 1.29 is 24.0 Å². The Morgan fingerprint density at radius 3 is 2.29 bits per heavy atom. The predicted octanol–water partition coefficient (Wildman–Crippen LogP) is 3.26. The third-order valence-electron chi connectivity index (χ3n) is 4.77. The minimum absolute atomic E-state index is 0.0741. The monoisotopic (exact) mass is 335 g/mol. The van der Waals surface area contributed by atoms with Crippen molar-refractivity contribution in [2.45, 2.75) is 45.1 Å². The Kier molecular flexibility index (Phi) is 5.54. The van der Waals surface area contributed by atoms with Gasteiger partial charge < -0.3 is 9.47 Å². The van der Waals surface area contributed by atoms with E-state index >= 15 is 0 Å². The Bertz CT molecular complexity index is 616. The maximum Gasteiger partial charge on any atom is 0.338 e. The van der Waals surface area contributed by atoms with Crippen molar-refractivity contribution in [1.29, 1.82) is 0 Å². The molecule has 1 aromatic rings. The normalized spacial score (nSPS) is 23.3. The van der Waals surface area contributed by atoms with E-state index in [-0.39, 0.29) is 23.3 Å². The van der Waals surface area contributed by atoms with Crippen LogP contribution in [0.5, 0.6) is 0 Å². The third kappa shape index (κ3) is 3.72. The molecule has 0 spiro atoms. The summed E-state index contributed by atoms with van der Waals surface area (Å²) in [6.45, 7) is 1.96. The fourth-order valence-electron chi connectivity index (χ4n) is 3.12. The topological polar surface area (TPSA) is 95.7 Å². The first-order valence-electron chi connectivity index (χ1n) is 7.95. The van der Waals surface area contributed by atoms with Gasteiger partial charge in [0.05, 0.1) is 23.0 Å². The number of hydrogen-bond acceptors (Lipinski definition) is 6. The van der Waals surface area contributed by atoms with Crippen molar-refractivity contribution in [3.63, 3.8) is 0 Å². The number of non-ortho nitro benzene ring substituents is 1. The van der Waals surface area contributed by atoms with E-state index in [2.05, 4.69) is 0 Å². The Morgan fingerprint density at radius 1 is 1.25 bits per heavy atom. The van der Waals surface area contributed by atoms with E-state index < -0.39 is 16.3 Å². The van der Waals surface area contributed by atoms with E-state index in [0.717, 1.165) is 0 Å². The SMILES string of the molecule is CC[C@]1(C(=O)OC)CC[C@H](OC(=O)c2ccc([N+](=O)[O-])cc2)CC1. The van der Waals surface area contributed by atoms with Gasteiger partial charge in [0.2, 0.25) is 0 Å². The van der Waals surface area contributed by atoms with Crippen molar-refractivity contribution in [2.75, 3.05) is 7.11 Å². The zero-order valence-electron chi connectivity index (χ0n) is 13.8. The summed E-state index contributed by atoms with van der Waals surface area (Å²) in [6.07, 6.45) is 2.88. The van der Waals surface area contributed by atoms with E-state index in [1.54, 1.807) is 0 Å². The number of nitro benzene ring substituents is 1. The summed E-state index contributed by atoms with van der Waals surface area (Å²) >= 11 is 0. The highest BCUT2D eigenvalue weighted by Crippen LogP contribution is 2.41. The highest BCUT2D eigenvalue weighted by Gasteiger charge is 2.42. The molecule has 1 fully saturated rings. The lowest BCUT2D eigenvalue weighted by Crippen LogP contribution is -2.38. The Balaban J connectivity index is 1.94. The number of ether oxygens (including phenoxy) is 2. The molecule has 24 heavy (non-hydrogen) atoms. The second kappa shape index (κ2) is 7.42. The maximum absolute atomic E-state index is 12.1. The highest BCUT2D eigenvalue weighted by atomic mass is 16.6. The molecule has 1 aliphatic rings. The number of methoxy groups -OCH3 is 1. The molecule has 1 aliphatic carbocycles. The van der Waals surface area contributed by atoms with Gasteiger partial charge >= 0.3 is 11.9 Å². The summed E-state index contributed by atoms with van der Waals surface area (Å²) in [5.41, 5.74) is -0.277. The average Bonchev–Trinajstić information content (AvgIpc) is 2.61. The summed E-state index contributed by atoms with van der Waals surface area (Å²) in [5, 5.41) is 10.6. The highest BCUT2D eigenvalue weighted by molar-refractivity contribution is 5.89. The number of nitrogens with zero attached hydrogens (tertiary/aromatic N) is 1. The van der Waals surface area contributed by atoms with Crippen LogP contribution in [-0.2, 0) is 14.3 Å². The number of carbonyl (C=O) groups is 2. The summed E-state index contributed by atoms with van der Waals surface area (Å²) < 4.78 is 10.4. The molecule has 0 bridgehead atoms. The minimum atomic E-state index is -0.520.